The zero-order valence-corrected chi connectivity index (χ0v) is 18.0. The summed E-state index contributed by atoms with van der Waals surface area (Å²) in [5.41, 5.74) is 2.32. The molecule has 0 aliphatic rings. The monoisotopic (exact) mass is 386 g/mol. The molecule has 2 N–H and O–H groups in total. The smallest absolute Gasteiger partial charge is 0.192 e. The first-order valence-corrected chi connectivity index (χ1v) is 10.1. The maximum atomic E-state index is 5.54. The van der Waals surface area contributed by atoms with Gasteiger partial charge in [0.25, 0.3) is 0 Å². The van der Waals surface area contributed by atoms with E-state index in [1.165, 1.54) is 5.56 Å². The van der Waals surface area contributed by atoms with Crippen molar-refractivity contribution < 1.29 is 4.74 Å². The van der Waals surface area contributed by atoms with Crippen LogP contribution in [0.2, 0.25) is 0 Å². The van der Waals surface area contributed by atoms with Gasteiger partial charge in [0.2, 0.25) is 0 Å². The van der Waals surface area contributed by atoms with Crippen LogP contribution in [-0.2, 0) is 13.0 Å². The van der Waals surface area contributed by atoms with Crippen molar-refractivity contribution in [3.8, 4) is 5.75 Å². The van der Waals surface area contributed by atoms with Crippen molar-refractivity contribution in [1.29, 1.82) is 0 Å². The number of ether oxygens (including phenoxy) is 1. The van der Waals surface area contributed by atoms with E-state index >= 15 is 0 Å². The van der Waals surface area contributed by atoms with Crippen LogP contribution in [0.5, 0.6) is 5.75 Å². The second-order valence-corrected chi connectivity index (χ2v) is 7.09. The molecule has 2 unspecified atom stereocenters. The summed E-state index contributed by atoms with van der Waals surface area (Å²) in [7, 11) is 1.71. The standard InChI is InChI=1S/C21H34N6O/c1-7-16(4)24-21(22-11-12-27-14-23-26-20(27)8-2)25-17(5)18-13-15(3)9-10-19(18)28-6/h9-10,13-14,16-17H,7-8,11-12H2,1-6H3,(H2,22,24,25). The Hall–Kier alpha value is -2.57. The molecule has 0 radical (unpaired) electrons. The highest BCUT2D eigenvalue weighted by atomic mass is 16.5. The van der Waals surface area contributed by atoms with Crippen molar-refractivity contribution in [1.82, 2.24) is 25.4 Å². The van der Waals surface area contributed by atoms with Crippen molar-refractivity contribution in [3.63, 3.8) is 0 Å². The lowest BCUT2D eigenvalue weighted by molar-refractivity contribution is 0.405. The Balaban J connectivity index is 2.12. The first-order chi connectivity index (χ1) is 13.5. The van der Waals surface area contributed by atoms with E-state index in [0.29, 0.717) is 12.6 Å². The molecular weight excluding hydrogens is 352 g/mol. The highest BCUT2D eigenvalue weighted by molar-refractivity contribution is 5.80. The van der Waals surface area contributed by atoms with Gasteiger partial charge in [-0.25, -0.2) is 0 Å². The maximum Gasteiger partial charge on any atom is 0.192 e. The Morgan fingerprint density at radius 3 is 2.71 bits per heavy atom. The first kappa shape index (κ1) is 21.7. The van der Waals surface area contributed by atoms with E-state index in [9.17, 15) is 0 Å². The van der Waals surface area contributed by atoms with E-state index in [1.807, 2.05) is 6.07 Å². The van der Waals surface area contributed by atoms with Crippen LogP contribution >= 0.6 is 0 Å². The Labute approximate surface area is 168 Å². The Kier molecular flexibility index (Phi) is 8.29. The molecule has 0 aliphatic carbocycles. The number of hydrogen-bond acceptors (Lipinski definition) is 4. The lowest BCUT2D eigenvalue weighted by Gasteiger charge is -2.23. The minimum Gasteiger partial charge on any atom is -0.496 e. The van der Waals surface area contributed by atoms with Crippen LogP contribution in [0.15, 0.2) is 29.5 Å². The maximum absolute atomic E-state index is 5.54. The molecule has 0 fully saturated rings. The summed E-state index contributed by atoms with van der Waals surface area (Å²) in [5.74, 6) is 2.67. The largest absolute Gasteiger partial charge is 0.496 e. The van der Waals surface area contributed by atoms with Gasteiger partial charge in [-0.2, -0.15) is 0 Å². The van der Waals surface area contributed by atoms with Crippen molar-refractivity contribution in [2.75, 3.05) is 13.7 Å². The van der Waals surface area contributed by atoms with Crippen LogP contribution in [-0.4, -0.2) is 40.4 Å². The highest BCUT2D eigenvalue weighted by Crippen LogP contribution is 2.26. The van der Waals surface area contributed by atoms with Crippen LogP contribution in [0.4, 0.5) is 0 Å². The van der Waals surface area contributed by atoms with Crippen molar-refractivity contribution in [3.05, 3.63) is 41.5 Å². The van der Waals surface area contributed by atoms with Crippen molar-refractivity contribution >= 4 is 5.96 Å². The van der Waals surface area contributed by atoms with Gasteiger partial charge in [-0.3, -0.25) is 4.99 Å². The summed E-state index contributed by atoms with van der Waals surface area (Å²) in [6.07, 6.45) is 3.65. The Morgan fingerprint density at radius 2 is 2.04 bits per heavy atom. The molecular formula is C21H34N6O. The fourth-order valence-corrected chi connectivity index (χ4v) is 2.95. The molecule has 0 saturated carbocycles. The SMILES string of the molecule is CCc1nncn1CCN=C(NC(C)CC)NC(C)c1cc(C)ccc1OC. The molecule has 1 heterocycles. The third-order valence-electron chi connectivity index (χ3n) is 4.82. The number of methoxy groups -OCH3 is 1. The van der Waals surface area contributed by atoms with E-state index in [2.05, 4.69) is 72.1 Å². The summed E-state index contributed by atoms with van der Waals surface area (Å²) in [6.45, 7) is 12.0. The van der Waals surface area contributed by atoms with E-state index in [-0.39, 0.29) is 6.04 Å². The lowest BCUT2D eigenvalue weighted by Crippen LogP contribution is -2.43. The van der Waals surface area contributed by atoms with E-state index < -0.39 is 0 Å². The summed E-state index contributed by atoms with van der Waals surface area (Å²) in [4.78, 5) is 4.78. The second kappa shape index (κ2) is 10.7. The molecule has 7 nitrogen and oxygen atoms in total. The number of benzene rings is 1. The van der Waals surface area contributed by atoms with Crippen molar-refractivity contribution in [2.24, 2.45) is 4.99 Å². The summed E-state index contributed by atoms with van der Waals surface area (Å²) in [6, 6.07) is 6.62. The number of aryl methyl sites for hydroxylation is 2. The molecule has 0 aliphatic heterocycles. The van der Waals surface area contributed by atoms with Gasteiger partial charge in [-0.05, 0) is 33.3 Å². The van der Waals surface area contributed by atoms with Crippen LogP contribution < -0.4 is 15.4 Å². The third kappa shape index (κ3) is 5.97. The predicted octanol–water partition coefficient (Wildman–Crippen LogP) is 3.25. The summed E-state index contributed by atoms with van der Waals surface area (Å²) < 4.78 is 7.60. The van der Waals surface area contributed by atoms with Crippen LogP contribution in [0, 0.1) is 6.92 Å². The molecule has 1 aromatic heterocycles. The molecule has 1 aromatic carbocycles. The number of nitrogens with zero attached hydrogens (tertiary/aromatic N) is 4. The first-order valence-electron chi connectivity index (χ1n) is 10.1. The number of nitrogens with one attached hydrogen (secondary N) is 2. The predicted molar refractivity (Wildman–Crippen MR) is 114 cm³/mol. The van der Waals surface area contributed by atoms with Gasteiger partial charge in [-0.1, -0.05) is 31.5 Å². The molecule has 28 heavy (non-hydrogen) atoms. The molecule has 2 aromatic rings. The van der Waals surface area contributed by atoms with Gasteiger partial charge < -0.3 is 19.9 Å². The zero-order valence-electron chi connectivity index (χ0n) is 18.0. The molecule has 0 saturated heterocycles. The third-order valence-corrected chi connectivity index (χ3v) is 4.82. The topological polar surface area (TPSA) is 76.4 Å². The number of guanidine groups is 1. The molecule has 0 spiro atoms. The molecule has 0 amide bonds. The lowest BCUT2D eigenvalue weighted by atomic mass is 10.0. The fraction of sp³-hybridized carbons (Fsp3) is 0.571. The number of hydrogen-bond donors (Lipinski definition) is 2. The van der Waals surface area contributed by atoms with Crippen LogP contribution in [0.25, 0.3) is 0 Å². The number of aliphatic imine (C=N–C) groups is 1. The normalized spacial score (nSPS) is 13.9. The highest BCUT2D eigenvalue weighted by Gasteiger charge is 2.14. The van der Waals surface area contributed by atoms with Gasteiger partial charge >= 0.3 is 0 Å². The average molecular weight is 387 g/mol. The Bertz CT molecular complexity index is 770. The van der Waals surface area contributed by atoms with E-state index in [1.54, 1.807) is 13.4 Å². The second-order valence-electron chi connectivity index (χ2n) is 7.09. The summed E-state index contributed by atoms with van der Waals surface area (Å²) in [5, 5.41) is 15.1. The van der Waals surface area contributed by atoms with Gasteiger partial charge in [-0.15, -0.1) is 10.2 Å². The van der Waals surface area contributed by atoms with Crippen LogP contribution in [0.1, 0.15) is 57.1 Å². The number of rotatable bonds is 9. The number of aromatic nitrogens is 3. The van der Waals surface area contributed by atoms with Crippen molar-refractivity contribution in [2.45, 2.75) is 66.1 Å². The molecule has 2 atom stereocenters. The van der Waals surface area contributed by atoms with Gasteiger partial charge in [0.1, 0.15) is 17.9 Å². The van der Waals surface area contributed by atoms with E-state index in [4.69, 9.17) is 9.73 Å². The van der Waals surface area contributed by atoms with Crippen LogP contribution in [0.3, 0.4) is 0 Å². The fourth-order valence-electron chi connectivity index (χ4n) is 2.95. The van der Waals surface area contributed by atoms with Gasteiger partial charge in [0.15, 0.2) is 5.96 Å². The molecule has 7 heteroatoms. The minimum absolute atomic E-state index is 0.0614. The Morgan fingerprint density at radius 1 is 1.25 bits per heavy atom. The quantitative estimate of drug-likeness (QED) is 0.511. The van der Waals surface area contributed by atoms with Gasteiger partial charge in [0, 0.05) is 24.6 Å². The molecule has 2 rings (SSSR count). The molecule has 0 bridgehead atoms. The average Bonchev–Trinajstić information content (AvgIpc) is 3.15. The minimum atomic E-state index is 0.0614. The zero-order chi connectivity index (χ0) is 20.5. The van der Waals surface area contributed by atoms with E-state index in [0.717, 1.165) is 42.5 Å². The molecule has 154 valence electrons. The summed E-state index contributed by atoms with van der Waals surface area (Å²) >= 11 is 0. The van der Waals surface area contributed by atoms with Gasteiger partial charge in [0.05, 0.1) is 19.7 Å².